The molecule has 3 nitrogen and oxygen atoms in total. The second-order valence-electron chi connectivity index (χ2n) is 4.91. The Bertz CT molecular complexity index is 229. The maximum absolute atomic E-state index is 11.2. The van der Waals surface area contributed by atoms with Gasteiger partial charge in [0.05, 0.1) is 5.68 Å². The fraction of sp³-hybridized carbons (Fsp3) is 0.846. The molecule has 0 heterocycles. The van der Waals surface area contributed by atoms with Gasteiger partial charge in [-0.2, -0.15) is 0 Å². The van der Waals surface area contributed by atoms with Crippen LogP contribution in [0.15, 0.2) is 0 Å². The van der Waals surface area contributed by atoms with Gasteiger partial charge in [0.25, 0.3) is 0 Å². The van der Waals surface area contributed by atoms with E-state index in [1.54, 1.807) is 0 Å². The van der Waals surface area contributed by atoms with Crippen LogP contribution in [0.25, 0.3) is 0 Å². The van der Waals surface area contributed by atoms with Gasteiger partial charge in [-0.3, -0.25) is 4.79 Å². The quantitative estimate of drug-likeness (QED) is 0.467. The zero-order chi connectivity index (χ0) is 13.1. The third kappa shape index (κ3) is 13.1. The third-order valence-electron chi connectivity index (χ3n) is 2.63. The van der Waals surface area contributed by atoms with Gasteiger partial charge in [0.15, 0.2) is 7.85 Å². The van der Waals surface area contributed by atoms with Crippen LogP contribution >= 0.6 is 0 Å². The summed E-state index contributed by atoms with van der Waals surface area (Å²) in [4.78, 5) is 21.7. The minimum atomic E-state index is -0.422. The van der Waals surface area contributed by atoms with Gasteiger partial charge in [0.2, 0.25) is 5.91 Å². The highest BCUT2D eigenvalue weighted by Gasteiger charge is 2.02. The Labute approximate surface area is 106 Å². The molecule has 1 amide bonds. The third-order valence-corrected chi connectivity index (χ3v) is 2.63. The molecule has 0 atom stereocenters. The molecule has 0 aliphatic carbocycles. The standard InChI is InChI=1S/C13H24BNO2/c1-11(2)7-5-3-4-6-10-15-13(17)9-8-12(14)16/h11H,3-10H2,1-2H3,(H,15,17). The molecule has 0 aromatic rings. The highest BCUT2D eigenvalue weighted by Crippen LogP contribution is 2.08. The predicted octanol–water partition coefficient (Wildman–Crippen LogP) is 2.18. The SMILES string of the molecule is [B]C(=O)CCC(=O)NCCCCCCC(C)C. The molecular formula is C13H24BNO2. The normalized spacial score (nSPS) is 10.5. The van der Waals surface area contributed by atoms with E-state index in [4.69, 9.17) is 7.85 Å². The van der Waals surface area contributed by atoms with Gasteiger partial charge in [0, 0.05) is 19.4 Å². The predicted molar refractivity (Wildman–Crippen MR) is 70.9 cm³/mol. The van der Waals surface area contributed by atoms with Crippen molar-refractivity contribution in [1.29, 1.82) is 0 Å². The molecule has 0 aliphatic rings. The lowest BCUT2D eigenvalue weighted by Crippen LogP contribution is -2.24. The Kier molecular flexibility index (Phi) is 9.88. The molecule has 4 heteroatoms. The highest BCUT2D eigenvalue weighted by atomic mass is 16.1. The van der Waals surface area contributed by atoms with Gasteiger partial charge in [-0.1, -0.05) is 39.5 Å². The summed E-state index contributed by atoms with van der Waals surface area (Å²) in [5.41, 5.74) is -0.422. The average molecular weight is 237 g/mol. The summed E-state index contributed by atoms with van der Waals surface area (Å²) in [5, 5.41) is 2.79. The van der Waals surface area contributed by atoms with E-state index in [-0.39, 0.29) is 18.7 Å². The molecule has 0 bridgehead atoms. The second kappa shape index (κ2) is 10.4. The molecule has 0 aromatic heterocycles. The summed E-state index contributed by atoms with van der Waals surface area (Å²) in [6, 6.07) is 0. The molecule has 0 fully saturated rings. The Morgan fingerprint density at radius 3 is 2.29 bits per heavy atom. The molecule has 0 rings (SSSR count). The summed E-state index contributed by atoms with van der Waals surface area (Å²) in [5.74, 6) is 0.703. The number of nitrogens with one attached hydrogen (secondary N) is 1. The van der Waals surface area contributed by atoms with Crippen LogP contribution < -0.4 is 5.32 Å². The molecule has 0 spiro atoms. The van der Waals surface area contributed by atoms with E-state index in [0.29, 0.717) is 6.54 Å². The maximum atomic E-state index is 11.2. The second-order valence-corrected chi connectivity index (χ2v) is 4.91. The Balaban J connectivity index is 3.22. The van der Waals surface area contributed by atoms with Crippen LogP contribution in [0.2, 0.25) is 0 Å². The largest absolute Gasteiger partial charge is 0.356 e. The zero-order valence-electron chi connectivity index (χ0n) is 11.1. The number of hydrogen-bond donors (Lipinski definition) is 1. The van der Waals surface area contributed by atoms with Crippen LogP contribution in [-0.2, 0) is 9.59 Å². The fourth-order valence-electron chi connectivity index (χ4n) is 1.58. The molecule has 0 aliphatic heterocycles. The fourth-order valence-corrected chi connectivity index (χ4v) is 1.58. The van der Waals surface area contributed by atoms with E-state index in [1.807, 2.05) is 0 Å². The monoisotopic (exact) mass is 237 g/mol. The number of carbonyl (C=O) groups excluding carboxylic acids is 2. The van der Waals surface area contributed by atoms with Crippen LogP contribution in [0.5, 0.6) is 0 Å². The minimum Gasteiger partial charge on any atom is -0.356 e. The summed E-state index contributed by atoms with van der Waals surface area (Å²) in [7, 11) is 4.96. The lowest BCUT2D eigenvalue weighted by molar-refractivity contribution is -0.123. The van der Waals surface area contributed by atoms with Crippen molar-refractivity contribution in [3.05, 3.63) is 0 Å². The topological polar surface area (TPSA) is 46.2 Å². The van der Waals surface area contributed by atoms with Crippen LogP contribution in [0.3, 0.4) is 0 Å². The number of unbranched alkanes of at least 4 members (excludes halogenated alkanes) is 3. The first-order valence-electron chi connectivity index (χ1n) is 6.57. The van der Waals surface area contributed by atoms with Crippen molar-refractivity contribution in [2.75, 3.05) is 6.54 Å². The molecule has 0 saturated heterocycles. The van der Waals surface area contributed by atoms with Crippen LogP contribution in [0.1, 0.15) is 58.8 Å². The molecular weight excluding hydrogens is 213 g/mol. The van der Waals surface area contributed by atoms with Gasteiger partial charge in [-0.25, -0.2) is 0 Å². The maximum Gasteiger partial charge on any atom is 0.220 e. The van der Waals surface area contributed by atoms with Crippen LogP contribution in [0.4, 0.5) is 0 Å². The lowest BCUT2D eigenvalue weighted by atomic mass is 9.98. The van der Waals surface area contributed by atoms with Crippen LogP contribution in [0, 0.1) is 5.92 Å². The molecule has 1 N–H and O–H groups in total. The van der Waals surface area contributed by atoms with Gasteiger partial charge < -0.3 is 10.1 Å². The first kappa shape index (κ1) is 16.2. The minimum absolute atomic E-state index is 0.0778. The Morgan fingerprint density at radius 1 is 1.06 bits per heavy atom. The molecule has 2 radical (unpaired) electrons. The van der Waals surface area contributed by atoms with Crippen molar-refractivity contribution < 1.29 is 9.59 Å². The number of hydrogen-bond acceptors (Lipinski definition) is 2. The summed E-state index contributed by atoms with van der Waals surface area (Å²) in [6.45, 7) is 5.18. The van der Waals surface area contributed by atoms with Crippen LogP contribution in [-0.4, -0.2) is 26.0 Å². The van der Waals surface area contributed by atoms with Gasteiger partial charge in [-0.05, 0) is 12.3 Å². The zero-order valence-corrected chi connectivity index (χ0v) is 11.1. The molecule has 0 unspecified atom stereocenters. The van der Waals surface area contributed by atoms with Gasteiger partial charge in [-0.15, -0.1) is 0 Å². The van der Waals surface area contributed by atoms with Crippen molar-refractivity contribution in [2.24, 2.45) is 5.92 Å². The summed E-state index contributed by atoms with van der Waals surface area (Å²) in [6.07, 6.45) is 6.31. The van der Waals surface area contributed by atoms with Crippen molar-refractivity contribution in [3.63, 3.8) is 0 Å². The van der Waals surface area contributed by atoms with Gasteiger partial charge >= 0.3 is 0 Å². The van der Waals surface area contributed by atoms with E-state index in [0.717, 1.165) is 18.8 Å². The Hall–Kier alpha value is -0.795. The smallest absolute Gasteiger partial charge is 0.220 e. The van der Waals surface area contributed by atoms with Gasteiger partial charge in [0.1, 0.15) is 0 Å². The van der Waals surface area contributed by atoms with Crippen molar-refractivity contribution in [1.82, 2.24) is 5.32 Å². The van der Waals surface area contributed by atoms with E-state index in [9.17, 15) is 9.59 Å². The summed E-state index contributed by atoms with van der Waals surface area (Å²) < 4.78 is 0. The van der Waals surface area contributed by atoms with Crippen molar-refractivity contribution in [3.8, 4) is 0 Å². The van der Waals surface area contributed by atoms with E-state index in [2.05, 4.69) is 19.2 Å². The first-order chi connectivity index (χ1) is 8.02. The van der Waals surface area contributed by atoms with Crippen molar-refractivity contribution >= 4 is 19.4 Å². The Morgan fingerprint density at radius 2 is 1.71 bits per heavy atom. The van der Waals surface area contributed by atoms with E-state index in [1.165, 1.54) is 19.3 Å². The van der Waals surface area contributed by atoms with E-state index >= 15 is 0 Å². The lowest BCUT2D eigenvalue weighted by Gasteiger charge is -2.05. The molecule has 17 heavy (non-hydrogen) atoms. The average Bonchev–Trinajstić information content (AvgIpc) is 2.24. The van der Waals surface area contributed by atoms with E-state index < -0.39 is 5.68 Å². The number of amides is 1. The molecule has 0 aromatic carbocycles. The highest BCUT2D eigenvalue weighted by molar-refractivity contribution is 6.57. The molecule has 96 valence electrons. The number of carbonyl (C=O) groups is 2. The summed E-state index contributed by atoms with van der Waals surface area (Å²) >= 11 is 0. The number of rotatable bonds is 10. The molecule has 0 saturated carbocycles. The first-order valence-corrected chi connectivity index (χ1v) is 6.57. The van der Waals surface area contributed by atoms with Crippen molar-refractivity contribution in [2.45, 2.75) is 58.8 Å².